The van der Waals surface area contributed by atoms with Crippen LogP contribution in [0.2, 0.25) is 0 Å². The molecule has 0 aliphatic carbocycles. The van der Waals surface area contributed by atoms with Gasteiger partial charge in [-0.1, -0.05) is 0 Å². The van der Waals surface area contributed by atoms with Crippen LogP contribution in [0.3, 0.4) is 0 Å². The van der Waals surface area contributed by atoms with Gasteiger partial charge in [0.05, 0.1) is 17.0 Å². The molecule has 4 nitrogen and oxygen atoms in total. The van der Waals surface area contributed by atoms with Crippen molar-refractivity contribution in [2.75, 3.05) is 13.1 Å². The van der Waals surface area contributed by atoms with Gasteiger partial charge >= 0.3 is 6.18 Å². The van der Waals surface area contributed by atoms with Gasteiger partial charge in [-0.25, -0.2) is 8.42 Å². The summed E-state index contributed by atoms with van der Waals surface area (Å²) in [6, 6.07) is 3.23. The number of Topliss-reactive ketones (excluding diaryl/α,β-unsaturated/α-hetero) is 1. The smallest absolute Gasteiger partial charge is 0.298 e. The van der Waals surface area contributed by atoms with E-state index in [0.29, 0.717) is 12.1 Å². The first-order valence-electron chi connectivity index (χ1n) is 5.40. The molecule has 0 atom stereocenters. The number of sulfonamides is 1. The van der Waals surface area contributed by atoms with Crippen molar-refractivity contribution >= 4 is 15.8 Å². The molecule has 2 rings (SSSR count). The van der Waals surface area contributed by atoms with E-state index in [0.717, 1.165) is 16.4 Å². The van der Waals surface area contributed by atoms with Gasteiger partial charge in [-0.2, -0.15) is 17.5 Å². The molecule has 19 heavy (non-hydrogen) atoms. The molecule has 0 unspecified atom stereocenters. The first-order valence-corrected chi connectivity index (χ1v) is 6.84. The lowest BCUT2D eigenvalue weighted by Crippen LogP contribution is -2.29. The van der Waals surface area contributed by atoms with E-state index in [1.165, 1.54) is 0 Å². The third-order valence-electron chi connectivity index (χ3n) is 2.81. The summed E-state index contributed by atoms with van der Waals surface area (Å²) < 4.78 is 62.1. The molecule has 1 aromatic carbocycles. The van der Waals surface area contributed by atoms with Crippen molar-refractivity contribution in [1.29, 1.82) is 0 Å². The minimum absolute atomic E-state index is 0.0716. The predicted molar refractivity (Wildman–Crippen MR) is 59.8 cm³/mol. The molecule has 0 N–H and O–H groups in total. The number of benzene rings is 1. The van der Waals surface area contributed by atoms with Gasteiger partial charge in [0.2, 0.25) is 10.0 Å². The van der Waals surface area contributed by atoms with Gasteiger partial charge in [0.1, 0.15) is 5.78 Å². The molecule has 1 aromatic rings. The van der Waals surface area contributed by atoms with Crippen LogP contribution in [0.1, 0.15) is 12.0 Å². The highest BCUT2D eigenvalue weighted by atomic mass is 32.2. The van der Waals surface area contributed by atoms with Crippen molar-refractivity contribution in [3.63, 3.8) is 0 Å². The minimum atomic E-state index is -4.51. The summed E-state index contributed by atoms with van der Waals surface area (Å²) in [4.78, 5) is 10.8. The molecule has 1 saturated heterocycles. The molecule has 1 heterocycles. The Hall–Kier alpha value is -1.41. The number of halogens is 3. The molecule has 8 heteroatoms. The summed E-state index contributed by atoms with van der Waals surface area (Å²) in [6.07, 6.45) is -4.37. The lowest BCUT2D eigenvalue weighted by molar-refractivity contribution is -0.137. The van der Waals surface area contributed by atoms with Crippen molar-refractivity contribution in [2.45, 2.75) is 17.5 Å². The number of hydrogen-bond acceptors (Lipinski definition) is 3. The predicted octanol–water partition coefficient (Wildman–Crippen LogP) is 1.67. The second-order valence-corrected chi connectivity index (χ2v) is 6.09. The van der Waals surface area contributed by atoms with Crippen LogP contribution in [0, 0.1) is 0 Å². The van der Waals surface area contributed by atoms with Gasteiger partial charge in [0, 0.05) is 13.0 Å². The Labute approximate surface area is 107 Å². The summed E-state index contributed by atoms with van der Waals surface area (Å²) in [7, 11) is -3.89. The van der Waals surface area contributed by atoms with Crippen molar-refractivity contribution < 1.29 is 26.4 Å². The van der Waals surface area contributed by atoms with Crippen LogP contribution in [0.15, 0.2) is 29.2 Å². The largest absolute Gasteiger partial charge is 0.416 e. The third-order valence-corrected chi connectivity index (χ3v) is 4.67. The van der Waals surface area contributed by atoms with Crippen LogP contribution in [-0.4, -0.2) is 31.6 Å². The van der Waals surface area contributed by atoms with Gasteiger partial charge in [0.25, 0.3) is 0 Å². The fourth-order valence-corrected chi connectivity index (χ4v) is 3.20. The number of rotatable bonds is 2. The highest BCUT2D eigenvalue weighted by Crippen LogP contribution is 2.30. The molecule has 0 aromatic heterocycles. The van der Waals surface area contributed by atoms with E-state index in [4.69, 9.17) is 0 Å². The van der Waals surface area contributed by atoms with Gasteiger partial charge in [0.15, 0.2) is 0 Å². The van der Waals surface area contributed by atoms with Gasteiger partial charge in [-0.05, 0) is 24.3 Å². The fraction of sp³-hybridized carbons (Fsp3) is 0.364. The number of hydrogen-bond donors (Lipinski definition) is 0. The second-order valence-electron chi connectivity index (χ2n) is 4.15. The summed E-state index contributed by atoms with van der Waals surface area (Å²) in [5.74, 6) is -0.199. The average molecular weight is 293 g/mol. The molecular formula is C11H10F3NO3S. The average Bonchev–Trinajstić information content (AvgIpc) is 2.76. The van der Waals surface area contributed by atoms with E-state index in [1.54, 1.807) is 0 Å². The molecule has 0 radical (unpaired) electrons. The van der Waals surface area contributed by atoms with Crippen molar-refractivity contribution in [3.05, 3.63) is 29.8 Å². The Kier molecular flexibility index (Phi) is 3.40. The maximum absolute atomic E-state index is 12.4. The van der Waals surface area contributed by atoms with E-state index in [-0.39, 0.29) is 30.2 Å². The van der Waals surface area contributed by atoms with Crippen LogP contribution in [0.4, 0.5) is 13.2 Å². The molecule has 1 aliphatic heterocycles. The summed E-state index contributed by atoms with van der Waals surface area (Å²) in [5.41, 5.74) is -0.913. The van der Waals surface area contributed by atoms with Crippen LogP contribution in [0.25, 0.3) is 0 Å². The molecule has 0 saturated carbocycles. The van der Waals surface area contributed by atoms with Crippen LogP contribution >= 0.6 is 0 Å². The molecule has 1 fully saturated rings. The Balaban J connectivity index is 2.29. The van der Waals surface area contributed by atoms with Crippen LogP contribution in [-0.2, 0) is 21.0 Å². The van der Waals surface area contributed by atoms with Crippen molar-refractivity contribution in [2.24, 2.45) is 0 Å². The maximum atomic E-state index is 12.4. The molecular weight excluding hydrogens is 283 g/mol. The normalized spacial score (nSPS) is 17.9. The second kappa shape index (κ2) is 4.61. The minimum Gasteiger partial charge on any atom is -0.298 e. The summed E-state index contributed by atoms with van der Waals surface area (Å²) in [5, 5.41) is 0. The summed E-state index contributed by atoms with van der Waals surface area (Å²) >= 11 is 0. The third kappa shape index (κ3) is 2.79. The number of carbonyl (C=O) groups excluding carboxylic acids is 1. The zero-order valence-electron chi connectivity index (χ0n) is 9.64. The Morgan fingerprint density at radius 3 is 2.11 bits per heavy atom. The highest BCUT2D eigenvalue weighted by Gasteiger charge is 2.33. The van der Waals surface area contributed by atoms with Crippen LogP contribution < -0.4 is 0 Å². The maximum Gasteiger partial charge on any atom is 0.416 e. The van der Waals surface area contributed by atoms with E-state index in [9.17, 15) is 26.4 Å². The molecule has 0 spiro atoms. The van der Waals surface area contributed by atoms with Gasteiger partial charge in [-0.3, -0.25) is 4.79 Å². The molecule has 1 aliphatic rings. The van der Waals surface area contributed by atoms with Gasteiger partial charge in [-0.15, -0.1) is 0 Å². The number of alkyl halides is 3. The number of carbonyl (C=O) groups is 1. The van der Waals surface area contributed by atoms with E-state index >= 15 is 0 Å². The first-order chi connectivity index (χ1) is 8.71. The van der Waals surface area contributed by atoms with Crippen LogP contribution in [0.5, 0.6) is 0 Å². The van der Waals surface area contributed by atoms with Crippen molar-refractivity contribution in [1.82, 2.24) is 4.31 Å². The van der Waals surface area contributed by atoms with E-state index < -0.39 is 21.8 Å². The molecule has 0 bridgehead atoms. The molecule has 104 valence electrons. The summed E-state index contributed by atoms with van der Waals surface area (Å²) in [6.45, 7) is -0.147. The monoisotopic (exact) mass is 293 g/mol. The van der Waals surface area contributed by atoms with E-state index in [1.807, 2.05) is 0 Å². The van der Waals surface area contributed by atoms with Crippen molar-refractivity contribution in [3.8, 4) is 0 Å². The lowest BCUT2D eigenvalue weighted by atomic mass is 10.2. The SMILES string of the molecule is O=C1CCN(S(=O)(=O)c2ccc(C(F)(F)F)cc2)C1. The number of ketones is 1. The topological polar surface area (TPSA) is 54.5 Å². The first kappa shape index (κ1) is 14.0. The highest BCUT2D eigenvalue weighted by molar-refractivity contribution is 7.89. The number of nitrogens with zero attached hydrogens (tertiary/aromatic N) is 1. The quantitative estimate of drug-likeness (QED) is 0.833. The lowest BCUT2D eigenvalue weighted by Gasteiger charge is -2.15. The zero-order valence-corrected chi connectivity index (χ0v) is 10.5. The Morgan fingerprint density at radius 1 is 1.11 bits per heavy atom. The fourth-order valence-electron chi connectivity index (χ4n) is 1.77. The standard InChI is InChI=1S/C11H10F3NO3S/c12-11(13,14)8-1-3-10(4-2-8)19(17,18)15-6-5-9(16)7-15/h1-4H,5-7H2. The Morgan fingerprint density at radius 2 is 1.68 bits per heavy atom. The van der Waals surface area contributed by atoms with E-state index in [2.05, 4.69) is 0 Å². The Bertz CT molecular complexity index is 593. The van der Waals surface area contributed by atoms with Gasteiger partial charge < -0.3 is 0 Å². The zero-order chi connectivity index (χ0) is 14.3. The molecule has 0 amide bonds.